The van der Waals surface area contributed by atoms with Crippen LogP contribution in [0.5, 0.6) is 0 Å². The van der Waals surface area contributed by atoms with Crippen LogP contribution < -0.4 is 0 Å². The number of hydrogen-bond acceptors (Lipinski definition) is 3. The topological polar surface area (TPSA) is 70.5 Å². The SMILES string of the molecule is CC1(C(=O)O)CCCN1C(=O)c1ccc(F)cn1. The van der Waals surface area contributed by atoms with Crippen molar-refractivity contribution in [1.29, 1.82) is 0 Å². The van der Waals surface area contributed by atoms with Crippen LogP contribution in [0.25, 0.3) is 0 Å². The van der Waals surface area contributed by atoms with Crippen molar-refractivity contribution in [3.63, 3.8) is 0 Å². The fourth-order valence-corrected chi connectivity index (χ4v) is 2.15. The van der Waals surface area contributed by atoms with Gasteiger partial charge in [0.15, 0.2) is 0 Å². The van der Waals surface area contributed by atoms with Gasteiger partial charge in [0.2, 0.25) is 0 Å². The Balaban J connectivity index is 2.28. The molecule has 18 heavy (non-hydrogen) atoms. The molecule has 1 aromatic rings. The van der Waals surface area contributed by atoms with E-state index in [1.165, 1.54) is 17.9 Å². The second-order valence-corrected chi connectivity index (χ2v) is 4.50. The van der Waals surface area contributed by atoms with Gasteiger partial charge in [-0.15, -0.1) is 0 Å². The monoisotopic (exact) mass is 252 g/mol. The fraction of sp³-hybridized carbons (Fsp3) is 0.417. The zero-order valence-corrected chi connectivity index (χ0v) is 9.89. The van der Waals surface area contributed by atoms with Crippen LogP contribution in [0.4, 0.5) is 4.39 Å². The molecule has 1 unspecified atom stereocenters. The van der Waals surface area contributed by atoms with Crippen LogP contribution in [-0.4, -0.2) is 39.0 Å². The van der Waals surface area contributed by atoms with E-state index in [2.05, 4.69) is 4.98 Å². The molecule has 1 atom stereocenters. The van der Waals surface area contributed by atoms with Gasteiger partial charge in [0.25, 0.3) is 5.91 Å². The van der Waals surface area contributed by atoms with Crippen molar-refractivity contribution in [2.75, 3.05) is 6.54 Å². The van der Waals surface area contributed by atoms with E-state index in [0.717, 1.165) is 12.3 Å². The van der Waals surface area contributed by atoms with E-state index < -0.39 is 23.2 Å². The molecule has 1 aliphatic heterocycles. The molecule has 2 heterocycles. The average molecular weight is 252 g/mol. The van der Waals surface area contributed by atoms with Crippen LogP contribution in [0.2, 0.25) is 0 Å². The van der Waals surface area contributed by atoms with Gasteiger partial charge in [0.05, 0.1) is 6.20 Å². The minimum Gasteiger partial charge on any atom is -0.480 e. The highest BCUT2D eigenvalue weighted by molar-refractivity contribution is 5.96. The molecule has 0 aromatic carbocycles. The molecular formula is C12H13FN2O3. The number of hydrogen-bond donors (Lipinski definition) is 1. The van der Waals surface area contributed by atoms with Crippen LogP contribution in [0.15, 0.2) is 18.3 Å². The number of carboxylic acids is 1. The van der Waals surface area contributed by atoms with Gasteiger partial charge in [-0.05, 0) is 31.9 Å². The minimum absolute atomic E-state index is 0.0609. The zero-order chi connectivity index (χ0) is 13.3. The molecule has 0 spiro atoms. The summed E-state index contributed by atoms with van der Waals surface area (Å²) in [5.74, 6) is -2.04. The molecular weight excluding hydrogens is 239 g/mol. The molecule has 5 nitrogen and oxygen atoms in total. The predicted octanol–water partition coefficient (Wildman–Crippen LogP) is 1.30. The third-order valence-corrected chi connectivity index (χ3v) is 3.29. The van der Waals surface area contributed by atoms with Crippen LogP contribution in [0.1, 0.15) is 30.3 Å². The number of carboxylic acid groups (broad SMARTS) is 1. The maximum absolute atomic E-state index is 12.7. The zero-order valence-electron chi connectivity index (χ0n) is 9.89. The Morgan fingerprint density at radius 2 is 2.22 bits per heavy atom. The molecule has 1 aromatic heterocycles. The van der Waals surface area contributed by atoms with Crippen molar-refractivity contribution >= 4 is 11.9 Å². The Bertz CT molecular complexity index is 489. The van der Waals surface area contributed by atoms with Crippen molar-refractivity contribution in [3.8, 4) is 0 Å². The fourth-order valence-electron chi connectivity index (χ4n) is 2.15. The Kier molecular flexibility index (Phi) is 3.02. The van der Waals surface area contributed by atoms with Gasteiger partial charge >= 0.3 is 5.97 Å². The number of likely N-dealkylation sites (tertiary alicyclic amines) is 1. The summed E-state index contributed by atoms with van der Waals surface area (Å²) in [6.07, 6.45) is 1.99. The number of halogens is 1. The second-order valence-electron chi connectivity index (χ2n) is 4.50. The van der Waals surface area contributed by atoms with Gasteiger partial charge in [-0.3, -0.25) is 4.79 Å². The molecule has 1 fully saturated rings. The highest BCUT2D eigenvalue weighted by Gasteiger charge is 2.46. The Morgan fingerprint density at radius 3 is 2.78 bits per heavy atom. The molecule has 0 aliphatic carbocycles. The van der Waals surface area contributed by atoms with E-state index in [-0.39, 0.29) is 5.69 Å². The average Bonchev–Trinajstić information content (AvgIpc) is 2.73. The summed E-state index contributed by atoms with van der Waals surface area (Å²) in [4.78, 5) is 28.4. The Hall–Kier alpha value is -1.98. The molecule has 1 amide bonds. The predicted molar refractivity (Wildman–Crippen MR) is 60.5 cm³/mol. The van der Waals surface area contributed by atoms with Gasteiger partial charge < -0.3 is 10.0 Å². The van der Waals surface area contributed by atoms with Crippen molar-refractivity contribution in [1.82, 2.24) is 9.88 Å². The van der Waals surface area contributed by atoms with Gasteiger partial charge in [0, 0.05) is 6.54 Å². The standard InChI is InChI=1S/C12H13FN2O3/c1-12(11(17)18)5-2-6-15(12)10(16)9-4-3-8(13)7-14-9/h3-4,7H,2,5-6H2,1H3,(H,17,18). The summed E-state index contributed by atoms with van der Waals surface area (Å²) in [7, 11) is 0. The molecule has 96 valence electrons. The first kappa shape index (κ1) is 12.5. The summed E-state index contributed by atoms with van der Waals surface area (Å²) >= 11 is 0. The van der Waals surface area contributed by atoms with E-state index in [0.29, 0.717) is 19.4 Å². The van der Waals surface area contributed by atoms with E-state index in [4.69, 9.17) is 0 Å². The maximum Gasteiger partial charge on any atom is 0.329 e. The number of amides is 1. The highest BCUT2D eigenvalue weighted by atomic mass is 19.1. The van der Waals surface area contributed by atoms with Crippen LogP contribution in [-0.2, 0) is 4.79 Å². The number of pyridine rings is 1. The number of rotatable bonds is 2. The lowest BCUT2D eigenvalue weighted by Gasteiger charge is -2.30. The van der Waals surface area contributed by atoms with Gasteiger partial charge in [-0.2, -0.15) is 0 Å². The minimum atomic E-state index is -1.20. The lowest BCUT2D eigenvalue weighted by molar-refractivity contribution is -0.147. The van der Waals surface area contributed by atoms with Crippen LogP contribution in [0.3, 0.4) is 0 Å². The first-order valence-electron chi connectivity index (χ1n) is 5.62. The summed E-state index contributed by atoms with van der Waals surface area (Å²) in [6.45, 7) is 1.89. The lowest BCUT2D eigenvalue weighted by atomic mass is 9.99. The van der Waals surface area contributed by atoms with Gasteiger partial charge in [0.1, 0.15) is 17.1 Å². The first-order valence-corrected chi connectivity index (χ1v) is 5.62. The molecule has 0 saturated carbocycles. The van der Waals surface area contributed by atoms with E-state index in [1.54, 1.807) is 0 Å². The summed E-state index contributed by atoms with van der Waals surface area (Å²) in [5.41, 5.74) is -1.14. The third kappa shape index (κ3) is 1.94. The van der Waals surface area contributed by atoms with E-state index >= 15 is 0 Å². The summed E-state index contributed by atoms with van der Waals surface area (Å²) < 4.78 is 12.7. The van der Waals surface area contributed by atoms with Crippen LogP contribution >= 0.6 is 0 Å². The largest absolute Gasteiger partial charge is 0.480 e. The Labute approximate surface area is 103 Å². The molecule has 0 radical (unpaired) electrons. The number of nitrogens with zero attached hydrogens (tertiary/aromatic N) is 2. The van der Waals surface area contributed by atoms with Crippen molar-refractivity contribution in [2.45, 2.75) is 25.3 Å². The van der Waals surface area contributed by atoms with Crippen molar-refractivity contribution in [3.05, 3.63) is 29.8 Å². The van der Waals surface area contributed by atoms with E-state index in [9.17, 15) is 19.1 Å². The van der Waals surface area contributed by atoms with Gasteiger partial charge in [-0.1, -0.05) is 0 Å². The molecule has 1 aliphatic rings. The normalized spacial score (nSPS) is 23.1. The smallest absolute Gasteiger partial charge is 0.329 e. The quantitative estimate of drug-likeness (QED) is 0.861. The van der Waals surface area contributed by atoms with Crippen LogP contribution in [0, 0.1) is 5.82 Å². The molecule has 1 N–H and O–H groups in total. The molecule has 6 heteroatoms. The number of carbonyl (C=O) groups is 2. The second kappa shape index (κ2) is 4.36. The molecule has 0 bridgehead atoms. The van der Waals surface area contributed by atoms with Crippen molar-refractivity contribution in [2.24, 2.45) is 0 Å². The Morgan fingerprint density at radius 1 is 1.50 bits per heavy atom. The number of aromatic nitrogens is 1. The molecule has 1 saturated heterocycles. The summed E-state index contributed by atoms with van der Waals surface area (Å²) in [5, 5.41) is 9.21. The molecule has 2 rings (SSSR count). The third-order valence-electron chi connectivity index (χ3n) is 3.29. The van der Waals surface area contributed by atoms with Crippen molar-refractivity contribution < 1.29 is 19.1 Å². The van der Waals surface area contributed by atoms with E-state index in [1.807, 2.05) is 0 Å². The van der Waals surface area contributed by atoms with Gasteiger partial charge in [-0.25, -0.2) is 14.2 Å². The maximum atomic E-state index is 12.7. The number of carbonyl (C=O) groups excluding carboxylic acids is 1. The summed E-state index contributed by atoms with van der Waals surface area (Å²) in [6, 6.07) is 2.40. The first-order chi connectivity index (χ1) is 8.45. The number of aliphatic carboxylic acids is 1. The highest BCUT2D eigenvalue weighted by Crippen LogP contribution is 2.30. The lowest BCUT2D eigenvalue weighted by Crippen LogP contribution is -2.50.